The number of nitrogens with one attached hydrogen (secondary N) is 1. The van der Waals surface area contributed by atoms with Crippen LogP contribution in [0.1, 0.15) is 0 Å². The highest BCUT2D eigenvalue weighted by atomic mass is 35.5. The van der Waals surface area contributed by atoms with Gasteiger partial charge in [-0.15, -0.1) is 0 Å². The lowest BCUT2D eigenvalue weighted by Crippen LogP contribution is -2.07. The number of H-pyrrole nitrogens is 1. The van der Waals surface area contributed by atoms with Crippen LogP contribution in [0.5, 0.6) is 11.5 Å². The Morgan fingerprint density at radius 3 is 2.86 bits per heavy atom. The Morgan fingerprint density at radius 1 is 1.29 bits per heavy atom. The van der Waals surface area contributed by atoms with Gasteiger partial charge in [-0.25, -0.2) is 9.37 Å². The van der Waals surface area contributed by atoms with Crippen molar-refractivity contribution in [2.45, 2.75) is 0 Å². The monoisotopic (exact) mass is 305 g/mol. The molecule has 0 fully saturated rings. The normalized spacial score (nSPS) is 10.8. The molecule has 3 N–H and O–H groups in total. The topological polar surface area (TPSA) is 81.0 Å². The van der Waals surface area contributed by atoms with Gasteiger partial charge in [0.05, 0.1) is 27.9 Å². The average Bonchev–Trinajstić information content (AvgIpc) is 2.45. The molecule has 2 aromatic carbocycles. The maximum atomic E-state index is 13.4. The zero-order valence-corrected chi connectivity index (χ0v) is 11.3. The lowest BCUT2D eigenvalue weighted by atomic mass is 10.2. The molecule has 0 aliphatic rings. The predicted octanol–water partition coefficient (Wildman–Crippen LogP) is 3.09. The third-order valence-electron chi connectivity index (χ3n) is 2.89. The Balaban J connectivity index is 2.06. The number of ether oxygens (including phenoxy) is 1. The summed E-state index contributed by atoms with van der Waals surface area (Å²) in [7, 11) is 0. The van der Waals surface area contributed by atoms with Crippen molar-refractivity contribution in [2.75, 3.05) is 5.73 Å². The van der Waals surface area contributed by atoms with Crippen LogP contribution < -0.4 is 16.0 Å². The van der Waals surface area contributed by atoms with Gasteiger partial charge in [0.1, 0.15) is 11.6 Å². The number of nitrogens with zero attached hydrogens (tertiary/aromatic N) is 1. The van der Waals surface area contributed by atoms with E-state index < -0.39 is 5.82 Å². The molecule has 0 aliphatic carbocycles. The third kappa shape index (κ3) is 2.53. The number of anilines is 1. The zero-order chi connectivity index (χ0) is 15.0. The van der Waals surface area contributed by atoms with Crippen molar-refractivity contribution in [3.05, 3.63) is 57.9 Å². The number of benzene rings is 2. The Morgan fingerprint density at radius 2 is 2.10 bits per heavy atom. The first-order valence-corrected chi connectivity index (χ1v) is 6.32. The van der Waals surface area contributed by atoms with E-state index in [0.29, 0.717) is 10.9 Å². The number of fused-ring (bicyclic) bond motifs is 1. The molecule has 0 saturated carbocycles. The summed E-state index contributed by atoms with van der Waals surface area (Å²) < 4.78 is 18.9. The molecule has 0 radical (unpaired) electrons. The summed E-state index contributed by atoms with van der Waals surface area (Å²) in [6, 6.07) is 7.03. The molecule has 0 aliphatic heterocycles. The standard InChI is InChI=1S/C14H9ClFN3O2/c15-9-2-1-7(3-10(9)16)21-13-5-12-8(4-11(13)17)14(20)19-6-18-12/h1-6H,17H2,(H,18,19,20). The number of aromatic nitrogens is 2. The molecule has 0 amide bonds. The Hall–Kier alpha value is -2.60. The molecule has 1 heterocycles. The number of rotatable bonds is 2. The fourth-order valence-electron chi connectivity index (χ4n) is 1.87. The number of hydrogen-bond acceptors (Lipinski definition) is 4. The van der Waals surface area contributed by atoms with Crippen LogP contribution in [0.15, 0.2) is 41.5 Å². The second-order valence-corrected chi connectivity index (χ2v) is 4.72. The first kappa shape index (κ1) is 13.4. The fraction of sp³-hybridized carbons (Fsp3) is 0. The number of halogens is 2. The van der Waals surface area contributed by atoms with Gasteiger partial charge in [0.25, 0.3) is 5.56 Å². The molecule has 21 heavy (non-hydrogen) atoms. The Labute approximate surface area is 123 Å². The third-order valence-corrected chi connectivity index (χ3v) is 3.20. The molecular formula is C14H9ClFN3O2. The molecule has 1 aromatic heterocycles. The zero-order valence-electron chi connectivity index (χ0n) is 10.6. The summed E-state index contributed by atoms with van der Waals surface area (Å²) in [6.45, 7) is 0. The van der Waals surface area contributed by atoms with Gasteiger partial charge in [-0.3, -0.25) is 4.79 Å². The van der Waals surface area contributed by atoms with Crippen molar-refractivity contribution in [3.63, 3.8) is 0 Å². The number of aromatic amines is 1. The van der Waals surface area contributed by atoms with Gasteiger partial charge >= 0.3 is 0 Å². The maximum Gasteiger partial charge on any atom is 0.258 e. The summed E-state index contributed by atoms with van der Waals surface area (Å²) in [5.41, 5.74) is 6.23. The van der Waals surface area contributed by atoms with Crippen molar-refractivity contribution in [3.8, 4) is 11.5 Å². The average molecular weight is 306 g/mol. The van der Waals surface area contributed by atoms with Crippen molar-refractivity contribution in [1.82, 2.24) is 9.97 Å². The van der Waals surface area contributed by atoms with Crippen LogP contribution in [0.4, 0.5) is 10.1 Å². The van der Waals surface area contributed by atoms with Crippen LogP contribution in [0, 0.1) is 5.82 Å². The van der Waals surface area contributed by atoms with E-state index in [9.17, 15) is 9.18 Å². The second-order valence-electron chi connectivity index (χ2n) is 4.32. The summed E-state index contributed by atoms with van der Waals surface area (Å²) in [5, 5.41) is 0.353. The van der Waals surface area contributed by atoms with E-state index in [1.807, 2.05) is 0 Å². The van der Waals surface area contributed by atoms with E-state index in [4.69, 9.17) is 22.1 Å². The van der Waals surface area contributed by atoms with E-state index in [2.05, 4.69) is 9.97 Å². The quantitative estimate of drug-likeness (QED) is 0.713. The highest BCUT2D eigenvalue weighted by Gasteiger charge is 2.09. The van der Waals surface area contributed by atoms with E-state index in [-0.39, 0.29) is 27.8 Å². The van der Waals surface area contributed by atoms with E-state index in [1.165, 1.54) is 30.6 Å². The number of hydrogen-bond donors (Lipinski definition) is 2. The molecule has 5 nitrogen and oxygen atoms in total. The summed E-state index contributed by atoms with van der Waals surface area (Å²) in [4.78, 5) is 18.1. The predicted molar refractivity (Wildman–Crippen MR) is 78.3 cm³/mol. The smallest absolute Gasteiger partial charge is 0.258 e. The van der Waals surface area contributed by atoms with Crippen molar-refractivity contribution in [2.24, 2.45) is 0 Å². The Bertz CT molecular complexity index is 895. The lowest BCUT2D eigenvalue weighted by molar-refractivity contribution is 0.479. The maximum absolute atomic E-state index is 13.4. The number of nitrogen functional groups attached to an aromatic ring is 1. The molecule has 0 unspecified atom stereocenters. The summed E-state index contributed by atoms with van der Waals surface area (Å²) >= 11 is 5.61. The van der Waals surface area contributed by atoms with Crippen molar-refractivity contribution >= 4 is 28.2 Å². The van der Waals surface area contributed by atoms with Crippen LogP contribution in [0.25, 0.3) is 10.9 Å². The molecule has 0 spiro atoms. The minimum atomic E-state index is -0.594. The second kappa shape index (κ2) is 5.06. The first-order chi connectivity index (χ1) is 10.0. The van der Waals surface area contributed by atoms with Gasteiger partial charge in [-0.2, -0.15) is 0 Å². The highest BCUT2D eigenvalue weighted by Crippen LogP contribution is 2.31. The largest absolute Gasteiger partial charge is 0.455 e. The molecule has 0 bridgehead atoms. The van der Waals surface area contributed by atoms with Gasteiger partial charge in [-0.05, 0) is 18.2 Å². The summed E-state index contributed by atoms with van der Waals surface area (Å²) in [6.07, 6.45) is 1.28. The molecule has 106 valence electrons. The lowest BCUT2D eigenvalue weighted by Gasteiger charge is -2.09. The van der Waals surface area contributed by atoms with Gasteiger partial charge in [0.15, 0.2) is 5.75 Å². The molecular weight excluding hydrogens is 297 g/mol. The minimum absolute atomic E-state index is 0.00188. The fourth-order valence-corrected chi connectivity index (χ4v) is 1.99. The molecule has 3 rings (SSSR count). The molecule has 0 saturated heterocycles. The van der Waals surface area contributed by atoms with Crippen LogP contribution >= 0.6 is 11.6 Å². The number of nitrogens with two attached hydrogens (primary N) is 1. The minimum Gasteiger partial charge on any atom is -0.455 e. The SMILES string of the molecule is Nc1cc2c(=O)[nH]cnc2cc1Oc1ccc(Cl)c(F)c1. The van der Waals surface area contributed by atoms with Gasteiger partial charge in [0.2, 0.25) is 0 Å². The van der Waals surface area contributed by atoms with E-state index in [0.717, 1.165) is 6.07 Å². The van der Waals surface area contributed by atoms with E-state index in [1.54, 1.807) is 0 Å². The van der Waals surface area contributed by atoms with Crippen LogP contribution in [-0.2, 0) is 0 Å². The highest BCUT2D eigenvalue weighted by molar-refractivity contribution is 6.30. The molecule has 0 atom stereocenters. The molecule has 7 heteroatoms. The van der Waals surface area contributed by atoms with Crippen molar-refractivity contribution in [1.29, 1.82) is 0 Å². The Kier molecular flexibility index (Phi) is 3.23. The van der Waals surface area contributed by atoms with Crippen LogP contribution in [0.3, 0.4) is 0 Å². The van der Waals surface area contributed by atoms with Crippen LogP contribution in [0.2, 0.25) is 5.02 Å². The van der Waals surface area contributed by atoms with Gasteiger partial charge in [0, 0.05) is 12.1 Å². The van der Waals surface area contributed by atoms with Crippen LogP contribution in [-0.4, -0.2) is 9.97 Å². The first-order valence-electron chi connectivity index (χ1n) is 5.94. The van der Waals surface area contributed by atoms with Gasteiger partial charge < -0.3 is 15.5 Å². The molecule has 3 aromatic rings. The van der Waals surface area contributed by atoms with Gasteiger partial charge in [-0.1, -0.05) is 11.6 Å². The summed E-state index contributed by atoms with van der Waals surface area (Å²) in [5.74, 6) is -0.0711. The van der Waals surface area contributed by atoms with Crippen molar-refractivity contribution < 1.29 is 9.13 Å². The van der Waals surface area contributed by atoms with E-state index >= 15 is 0 Å².